The number of nitriles is 1. The summed E-state index contributed by atoms with van der Waals surface area (Å²) in [5, 5.41) is 12.8. The Labute approximate surface area is 149 Å². The Hall–Kier alpha value is -3.11. The average Bonchev–Trinajstić information content (AvgIpc) is 2.92. The van der Waals surface area contributed by atoms with Crippen molar-refractivity contribution in [2.45, 2.75) is 19.9 Å². The highest BCUT2D eigenvalue weighted by Crippen LogP contribution is 2.37. The largest absolute Gasteiger partial charge is 0.397 e. The van der Waals surface area contributed by atoms with E-state index in [-0.39, 0.29) is 17.8 Å². The van der Waals surface area contributed by atoms with Gasteiger partial charge in [0.2, 0.25) is 0 Å². The number of anilines is 2. The molecule has 0 saturated carbocycles. The molecule has 2 heterocycles. The zero-order valence-corrected chi connectivity index (χ0v) is 14.6. The van der Waals surface area contributed by atoms with Crippen molar-refractivity contribution in [3.8, 4) is 6.07 Å². The van der Waals surface area contributed by atoms with E-state index in [1.54, 1.807) is 6.92 Å². The van der Waals surface area contributed by atoms with E-state index >= 15 is 0 Å². The topological polar surface area (TPSA) is 118 Å². The molecule has 1 atom stereocenters. The van der Waals surface area contributed by atoms with Crippen LogP contribution in [0.4, 0.5) is 11.5 Å². The van der Waals surface area contributed by atoms with Gasteiger partial charge in [0.25, 0.3) is 5.91 Å². The minimum absolute atomic E-state index is 0.151. The van der Waals surface area contributed by atoms with Crippen molar-refractivity contribution in [3.63, 3.8) is 0 Å². The van der Waals surface area contributed by atoms with E-state index in [0.29, 0.717) is 31.9 Å². The number of carbonyl (C=O) groups is 1. The number of carbonyl (C=O) groups excluding carboxylic acids is 1. The highest BCUT2D eigenvalue weighted by atomic mass is 32.1. The third-order valence-electron chi connectivity index (χ3n) is 4.12. The molecule has 0 aliphatic carbocycles. The summed E-state index contributed by atoms with van der Waals surface area (Å²) in [7, 11) is 0. The molecular formula is C18H17N5OS. The van der Waals surface area contributed by atoms with Gasteiger partial charge in [0.15, 0.2) is 0 Å². The molecule has 0 radical (unpaired) electrons. The summed E-state index contributed by atoms with van der Waals surface area (Å²) in [5.74, 6) is -0.119. The van der Waals surface area contributed by atoms with Crippen LogP contribution in [-0.2, 0) is 0 Å². The fourth-order valence-corrected chi connectivity index (χ4v) is 3.82. The number of nitrogens with zero attached hydrogens (tertiary/aromatic N) is 2. The van der Waals surface area contributed by atoms with Crippen LogP contribution in [0.1, 0.15) is 39.3 Å². The predicted octanol–water partition coefficient (Wildman–Crippen LogP) is 3.13. The summed E-state index contributed by atoms with van der Waals surface area (Å²) >= 11 is 1.18. The van der Waals surface area contributed by atoms with Crippen molar-refractivity contribution in [1.82, 2.24) is 10.3 Å². The molecule has 0 fully saturated rings. The number of pyridine rings is 1. The molecular weight excluding hydrogens is 334 g/mol. The third kappa shape index (κ3) is 2.88. The van der Waals surface area contributed by atoms with Gasteiger partial charge in [-0.15, -0.1) is 11.3 Å². The van der Waals surface area contributed by atoms with Crippen LogP contribution in [0.5, 0.6) is 0 Å². The number of fused-ring (bicyclic) bond motifs is 1. The maximum Gasteiger partial charge on any atom is 0.264 e. The van der Waals surface area contributed by atoms with Crippen molar-refractivity contribution in [2.24, 2.45) is 0 Å². The van der Waals surface area contributed by atoms with Crippen LogP contribution in [0.3, 0.4) is 0 Å². The molecule has 0 aliphatic heterocycles. The molecule has 5 N–H and O–H groups in total. The smallest absolute Gasteiger partial charge is 0.264 e. The number of aryl methyl sites for hydroxylation is 1. The van der Waals surface area contributed by atoms with Crippen molar-refractivity contribution in [1.29, 1.82) is 5.26 Å². The molecule has 7 heteroatoms. The lowest BCUT2D eigenvalue weighted by molar-refractivity contribution is 0.0945. The van der Waals surface area contributed by atoms with E-state index in [9.17, 15) is 10.1 Å². The van der Waals surface area contributed by atoms with Crippen molar-refractivity contribution >= 4 is 39.0 Å². The SMILES string of the molecule is Cc1c(C#N)c(N)nc2sc(C(=O)NC(C)c3ccccc3)c(N)c12. The van der Waals surface area contributed by atoms with Crippen LogP contribution in [0.15, 0.2) is 30.3 Å². The monoisotopic (exact) mass is 351 g/mol. The van der Waals surface area contributed by atoms with Gasteiger partial charge in [-0.3, -0.25) is 4.79 Å². The number of amides is 1. The molecule has 0 bridgehead atoms. The van der Waals surface area contributed by atoms with Gasteiger partial charge in [0, 0.05) is 5.39 Å². The number of nitrogens with one attached hydrogen (secondary N) is 1. The van der Waals surface area contributed by atoms with Crippen LogP contribution >= 0.6 is 11.3 Å². The highest BCUT2D eigenvalue weighted by molar-refractivity contribution is 7.21. The Morgan fingerprint density at radius 2 is 2.00 bits per heavy atom. The van der Waals surface area contributed by atoms with E-state index in [1.165, 1.54) is 11.3 Å². The van der Waals surface area contributed by atoms with Gasteiger partial charge >= 0.3 is 0 Å². The van der Waals surface area contributed by atoms with Crippen molar-refractivity contribution < 1.29 is 4.79 Å². The maximum absolute atomic E-state index is 12.7. The van der Waals surface area contributed by atoms with Crippen LogP contribution in [0, 0.1) is 18.3 Å². The van der Waals surface area contributed by atoms with E-state index in [1.807, 2.05) is 43.3 Å². The summed E-state index contributed by atoms with van der Waals surface area (Å²) < 4.78 is 0. The molecule has 6 nitrogen and oxygen atoms in total. The summed E-state index contributed by atoms with van der Waals surface area (Å²) in [5.41, 5.74) is 14.3. The van der Waals surface area contributed by atoms with E-state index in [4.69, 9.17) is 11.5 Å². The van der Waals surface area contributed by atoms with Crippen LogP contribution in [0.2, 0.25) is 0 Å². The highest BCUT2D eigenvalue weighted by Gasteiger charge is 2.22. The van der Waals surface area contributed by atoms with Crippen molar-refractivity contribution in [3.05, 3.63) is 51.9 Å². The van der Waals surface area contributed by atoms with Gasteiger partial charge in [-0.2, -0.15) is 5.26 Å². The van der Waals surface area contributed by atoms with E-state index < -0.39 is 0 Å². The fourth-order valence-electron chi connectivity index (χ4n) is 2.75. The first-order chi connectivity index (χ1) is 11.9. The second kappa shape index (κ2) is 6.42. The first kappa shape index (κ1) is 16.7. The zero-order chi connectivity index (χ0) is 18.1. The number of hydrogen-bond donors (Lipinski definition) is 3. The van der Waals surface area contributed by atoms with Gasteiger partial charge in [0.1, 0.15) is 21.6 Å². The first-order valence-corrected chi connectivity index (χ1v) is 8.49. The lowest BCUT2D eigenvalue weighted by atomic mass is 10.1. The molecule has 0 saturated heterocycles. The molecule has 1 amide bonds. The molecule has 3 rings (SSSR count). The number of aromatic nitrogens is 1. The average molecular weight is 351 g/mol. The second-order valence-corrected chi connectivity index (χ2v) is 6.74. The normalized spacial score (nSPS) is 11.9. The van der Waals surface area contributed by atoms with Crippen molar-refractivity contribution in [2.75, 3.05) is 11.5 Å². The molecule has 0 aliphatic rings. The lowest BCUT2D eigenvalue weighted by Gasteiger charge is -2.13. The molecule has 126 valence electrons. The zero-order valence-electron chi connectivity index (χ0n) is 13.8. The molecule has 1 unspecified atom stereocenters. The molecule has 0 spiro atoms. The number of rotatable bonds is 3. The van der Waals surface area contributed by atoms with Crippen LogP contribution < -0.4 is 16.8 Å². The maximum atomic E-state index is 12.7. The Bertz CT molecular complexity index is 1000. The third-order valence-corrected chi connectivity index (χ3v) is 5.22. The van der Waals surface area contributed by atoms with Gasteiger partial charge in [-0.05, 0) is 25.0 Å². The summed E-state index contributed by atoms with van der Waals surface area (Å²) in [6.07, 6.45) is 0. The molecule has 2 aromatic heterocycles. The number of nitrogen functional groups attached to an aromatic ring is 2. The van der Waals surface area contributed by atoms with Crippen LogP contribution in [0.25, 0.3) is 10.2 Å². The summed E-state index contributed by atoms with van der Waals surface area (Å²) in [6, 6.07) is 11.5. The van der Waals surface area contributed by atoms with Gasteiger partial charge in [-0.25, -0.2) is 4.98 Å². The Kier molecular flexibility index (Phi) is 4.30. The predicted molar refractivity (Wildman–Crippen MR) is 100 cm³/mol. The number of nitrogens with two attached hydrogens (primary N) is 2. The Balaban J connectivity index is 1.99. The minimum Gasteiger partial charge on any atom is -0.397 e. The van der Waals surface area contributed by atoms with Gasteiger partial charge in [-0.1, -0.05) is 30.3 Å². The van der Waals surface area contributed by atoms with E-state index in [0.717, 1.165) is 5.56 Å². The number of benzene rings is 1. The first-order valence-electron chi connectivity index (χ1n) is 7.68. The van der Waals surface area contributed by atoms with E-state index in [2.05, 4.69) is 10.3 Å². The Morgan fingerprint density at radius 3 is 2.64 bits per heavy atom. The van der Waals surface area contributed by atoms with Gasteiger partial charge in [0.05, 0.1) is 17.3 Å². The lowest BCUT2D eigenvalue weighted by Crippen LogP contribution is -2.26. The summed E-state index contributed by atoms with van der Waals surface area (Å²) in [6.45, 7) is 3.67. The molecule has 25 heavy (non-hydrogen) atoms. The second-order valence-electron chi connectivity index (χ2n) is 5.74. The van der Waals surface area contributed by atoms with Gasteiger partial charge < -0.3 is 16.8 Å². The number of hydrogen-bond acceptors (Lipinski definition) is 6. The Morgan fingerprint density at radius 1 is 1.32 bits per heavy atom. The minimum atomic E-state index is -0.270. The molecule has 1 aromatic carbocycles. The number of thiophene rings is 1. The summed E-state index contributed by atoms with van der Waals surface area (Å²) in [4.78, 5) is 17.8. The fraction of sp³-hybridized carbons (Fsp3) is 0.167. The molecule has 3 aromatic rings. The quantitative estimate of drug-likeness (QED) is 0.670. The standard InChI is InChI=1S/C18H17N5OS/c1-9-12(8-19)16(21)23-18-13(9)14(20)15(25-18)17(24)22-10(2)11-6-4-3-5-7-11/h3-7,10H,20H2,1-2H3,(H2,21,23)(H,22,24). The van der Waals surface area contributed by atoms with Crippen LogP contribution in [-0.4, -0.2) is 10.9 Å².